The van der Waals surface area contributed by atoms with Crippen LogP contribution in [-0.2, 0) is 5.75 Å². The number of hydrogen-bond acceptors (Lipinski definition) is 5. The Labute approximate surface area is 149 Å². The Bertz CT molecular complexity index is 906. The Balaban J connectivity index is 1.81. The third-order valence-electron chi connectivity index (χ3n) is 3.48. The minimum Gasteiger partial charge on any atom is -0.478 e. The Morgan fingerprint density at radius 1 is 1.16 bits per heavy atom. The van der Waals surface area contributed by atoms with Crippen molar-refractivity contribution < 1.29 is 9.90 Å². The average Bonchev–Trinajstić information content (AvgIpc) is 2.99. The first kappa shape index (κ1) is 16.9. The molecule has 0 bridgehead atoms. The molecule has 0 aliphatic rings. The number of thioether (sulfide) groups is 1. The van der Waals surface area contributed by atoms with E-state index in [-0.39, 0.29) is 5.56 Å². The van der Waals surface area contributed by atoms with Crippen molar-refractivity contribution in [1.82, 2.24) is 14.9 Å². The van der Waals surface area contributed by atoms with Crippen molar-refractivity contribution in [3.05, 3.63) is 77.1 Å². The van der Waals surface area contributed by atoms with Gasteiger partial charge < -0.3 is 5.11 Å². The number of aromatic carboxylic acids is 1. The number of carboxylic acids is 1. The second-order valence-electron chi connectivity index (χ2n) is 5.25. The highest BCUT2D eigenvalue weighted by atomic mass is 32.2. The number of benzene rings is 2. The minimum atomic E-state index is -0.985. The van der Waals surface area contributed by atoms with Gasteiger partial charge in [-0.15, -0.1) is 10.2 Å². The van der Waals surface area contributed by atoms with Gasteiger partial charge in [-0.2, -0.15) is 9.78 Å². The van der Waals surface area contributed by atoms with E-state index in [0.29, 0.717) is 16.5 Å². The predicted molar refractivity (Wildman–Crippen MR) is 97.2 cm³/mol. The highest BCUT2D eigenvalue weighted by Crippen LogP contribution is 2.21. The number of carbonyl (C=O) groups is 1. The monoisotopic (exact) mass is 352 g/mol. The van der Waals surface area contributed by atoms with Gasteiger partial charge in [0.15, 0.2) is 5.82 Å². The molecule has 3 rings (SSSR count). The lowest BCUT2D eigenvalue weighted by atomic mass is 10.1. The van der Waals surface area contributed by atoms with Crippen LogP contribution in [0.4, 0.5) is 0 Å². The van der Waals surface area contributed by atoms with Crippen LogP contribution in [0.15, 0.2) is 64.9 Å². The zero-order valence-corrected chi connectivity index (χ0v) is 14.3. The van der Waals surface area contributed by atoms with Crippen molar-refractivity contribution in [2.24, 2.45) is 5.10 Å². The van der Waals surface area contributed by atoms with E-state index in [1.165, 1.54) is 23.5 Å². The largest absolute Gasteiger partial charge is 0.478 e. The Kier molecular flexibility index (Phi) is 5.25. The fourth-order valence-electron chi connectivity index (χ4n) is 2.21. The first-order chi connectivity index (χ1) is 12.1. The van der Waals surface area contributed by atoms with Crippen LogP contribution in [0.1, 0.15) is 27.3 Å². The van der Waals surface area contributed by atoms with Crippen LogP contribution < -0.4 is 0 Å². The zero-order chi connectivity index (χ0) is 17.6. The molecule has 1 aromatic heterocycles. The van der Waals surface area contributed by atoms with Crippen LogP contribution in [-0.4, -0.2) is 32.2 Å². The van der Waals surface area contributed by atoms with Gasteiger partial charge in [0.1, 0.15) is 0 Å². The van der Waals surface area contributed by atoms with E-state index >= 15 is 0 Å². The van der Waals surface area contributed by atoms with Crippen LogP contribution in [0.5, 0.6) is 0 Å². The molecule has 0 unspecified atom stereocenters. The van der Waals surface area contributed by atoms with Gasteiger partial charge in [-0.05, 0) is 18.6 Å². The molecule has 25 heavy (non-hydrogen) atoms. The fraction of sp³-hybridized carbons (Fsp3) is 0.111. The SMILES string of the molecule is Cc1nnc(SCc2ccccc2)n1/N=C\c1ccccc1C(=O)O. The van der Waals surface area contributed by atoms with Crippen LogP contribution in [0.2, 0.25) is 0 Å². The van der Waals surface area contributed by atoms with Crippen LogP contribution in [0.3, 0.4) is 0 Å². The van der Waals surface area contributed by atoms with E-state index in [1.54, 1.807) is 35.9 Å². The Morgan fingerprint density at radius 3 is 2.64 bits per heavy atom. The van der Waals surface area contributed by atoms with Gasteiger partial charge in [-0.3, -0.25) is 0 Å². The lowest BCUT2D eigenvalue weighted by Gasteiger charge is -2.03. The summed E-state index contributed by atoms with van der Waals surface area (Å²) >= 11 is 1.53. The van der Waals surface area contributed by atoms with Crippen LogP contribution in [0.25, 0.3) is 0 Å². The summed E-state index contributed by atoms with van der Waals surface area (Å²) in [4.78, 5) is 11.3. The molecule has 0 atom stereocenters. The summed E-state index contributed by atoms with van der Waals surface area (Å²) in [6.45, 7) is 1.81. The predicted octanol–water partition coefficient (Wildman–Crippen LogP) is 3.46. The smallest absolute Gasteiger partial charge is 0.336 e. The first-order valence-corrected chi connectivity index (χ1v) is 8.59. The molecule has 0 aliphatic carbocycles. The van der Waals surface area contributed by atoms with Crippen LogP contribution in [0, 0.1) is 6.92 Å². The average molecular weight is 352 g/mol. The molecule has 2 aromatic carbocycles. The molecule has 0 radical (unpaired) electrons. The maximum Gasteiger partial charge on any atom is 0.336 e. The summed E-state index contributed by atoms with van der Waals surface area (Å²) in [5, 5.41) is 22.5. The van der Waals surface area contributed by atoms with Crippen molar-refractivity contribution in [2.75, 3.05) is 0 Å². The molecular formula is C18H16N4O2S. The molecule has 3 aromatic rings. The fourth-order valence-corrected chi connectivity index (χ4v) is 3.10. The van der Waals surface area contributed by atoms with E-state index in [1.807, 2.05) is 30.3 Å². The van der Waals surface area contributed by atoms with E-state index in [0.717, 1.165) is 5.75 Å². The second-order valence-corrected chi connectivity index (χ2v) is 6.20. The maximum absolute atomic E-state index is 11.3. The molecule has 0 aliphatic heterocycles. The molecule has 7 heteroatoms. The van der Waals surface area contributed by atoms with Crippen molar-refractivity contribution in [1.29, 1.82) is 0 Å². The van der Waals surface area contributed by atoms with E-state index in [9.17, 15) is 9.90 Å². The van der Waals surface area contributed by atoms with Crippen molar-refractivity contribution in [3.63, 3.8) is 0 Å². The van der Waals surface area contributed by atoms with Gasteiger partial charge in [-0.25, -0.2) is 4.79 Å². The van der Waals surface area contributed by atoms with Crippen molar-refractivity contribution in [2.45, 2.75) is 17.8 Å². The summed E-state index contributed by atoms with van der Waals surface area (Å²) in [6.07, 6.45) is 1.52. The molecule has 6 nitrogen and oxygen atoms in total. The summed E-state index contributed by atoms with van der Waals surface area (Å²) in [6, 6.07) is 16.8. The number of nitrogens with zero attached hydrogens (tertiary/aromatic N) is 4. The normalized spacial score (nSPS) is 11.1. The summed E-state index contributed by atoms with van der Waals surface area (Å²) in [7, 11) is 0. The van der Waals surface area contributed by atoms with Gasteiger partial charge >= 0.3 is 5.97 Å². The standard InChI is InChI=1S/C18H16N4O2S/c1-13-20-21-18(25-12-14-7-3-2-4-8-14)22(13)19-11-15-9-5-6-10-16(15)17(23)24/h2-11H,12H2,1H3,(H,23,24)/b19-11-. The van der Waals surface area contributed by atoms with E-state index in [4.69, 9.17) is 0 Å². The van der Waals surface area contributed by atoms with Gasteiger partial charge in [0, 0.05) is 11.3 Å². The van der Waals surface area contributed by atoms with Crippen molar-refractivity contribution in [3.8, 4) is 0 Å². The molecule has 0 saturated carbocycles. The molecule has 0 fully saturated rings. The molecule has 0 amide bonds. The summed E-state index contributed by atoms with van der Waals surface area (Å²) < 4.78 is 1.62. The molecule has 1 heterocycles. The number of carboxylic acid groups (broad SMARTS) is 1. The van der Waals surface area contributed by atoms with Gasteiger partial charge in [0.05, 0.1) is 11.8 Å². The molecule has 1 N–H and O–H groups in total. The van der Waals surface area contributed by atoms with Gasteiger partial charge in [0.25, 0.3) is 0 Å². The number of rotatable bonds is 6. The molecule has 0 saturated heterocycles. The zero-order valence-electron chi connectivity index (χ0n) is 13.5. The van der Waals surface area contributed by atoms with Crippen LogP contribution >= 0.6 is 11.8 Å². The van der Waals surface area contributed by atoms with E-state index < -0.39 is 5.97 Å². The van der Waals surface area contributed by atoms with Gasteiger partial charge in [-0.1, -0.05) is 60.3 Å². The maximum atomic E-state index is 11.3. The second kappa shape index (κ2) is 7.76. The minimum absolute atomic E-state index is 0.204. The number of aromatic nitrogens is 3. The highest BCUT2D eigenvalue weighted by Gasteiger charge is 2.10. The topological polar surface area (TPSA) is 80.4 Å². The third kappa shape index (κ3) is 4.13. The summed E-state index contributed by atoms with van der Waals surface area (Å²) in [5.41, 5.74) is 1.91. The highest BCUT2D eigenvalue weighted by molar-refractivity contribution is 7.98. The lowest BCUT2D eigenvalue weighted by Crippen LogP contribution is -2.03. The van der Waals surface area contributed by atoms with Gasteiger partial charge in [0.2, 0.25) is 5.16 Å². The summed E-state index contributed by atoms with van der Waals surface area (Å²) in [5.74, 6) is 0.404. The van der Waals surface area contributed by atoms with E-state index in [2.05, 4.69) is 15.3 Å². The Morgan fingerprint density at radius 2 is 1.88 bits per heavy atom. The molecular weight excluding hydrogens is 336 g/mol. The Hall–Kier alpha value is -2.93. The molecule has 126 valence electrons. The third-order valence-corrected chi connectivity index (χ3v) is 4.47. The number of aryl methyl sites for hydroxylation is 1. The molecule has 0 spiro atoms. The lowest BCUT2D eigenvalue weighted by molar-refractivity contribution is 0.0697. The quantitative estimate of drug-likeness (QED) is 0.543. The number of hydrogen-bond donors (Lipinski definition) is 1. The van der Waals surface area contributed by atoms with Crippen molar-refractivity contribution >= 4 is 23.9 Å². The first-order valence-electron chi connectivity index (χ1n) is 7.60.